The standard InChI is InChI=1S/C15H13NO3/c17-15(13-4-2-1-3-5-13)11-8-12-6-9-14(10-7-12)16(18)19/h1-11,16,18H. The molecular weight excluding hydrogens is 242 g/mol. The van der Waals surface area contributed by atoms with Crippen LogP contribution in [0.3, 0.4) is 0 Å². The summed E-state index contributed by atoms with van der Waals surface area (Å²) in [4.78, 5) is 11.8. The van der Waals surface area contributed by atoms with Gasteiger partial charge in [0.25, 0.3) is 0 Å². The number of hydrogen-bond acceptors (Lipinski definition) is 3. The van der Waals surface area contributed by atoms with Crippen LogP contribution in [0, 0.1) is 5.21 Å². The number of nitrogens with one attached hydrogen (secondary N) is 1. The molecule has 0 saturated carbocycles. The first-order valence-corrected chi connectivity index (χ1v) is 5.77. The zero-order valence-corrected chi connectivity index (χ0v) is 10.1. The fourth-order valence-electron chi connectivity index (χ4n) is 1.61. The Morgan fingerprint density at radius 2 is 1.68 bits per heavy atom. The maximum absolute atomic E-state index is 11.8. The minimum absolute atomic E-state index is 0.0806. The molecule has 0 heterocycles. The molecule has 0 bridgehead atoms. The lowest BCUT2D eigenvalue weighted by molar-refractivity contribution is -0.991. The van der Waals surface area contributed by atoms with Gasteiger partial charge in [0.15, 0.2) is 11.5 Å². The molecule has 0 aromatic heterocycles. The van der Waals surface area contributed by atoms with Crippen LogP contribution in [-0.4, -0.2) is 11.0 Å². The molecule has 2 aromatic rings. The number of allylic oxidation sites excluding steroid dienone is 1. The van der Waals surface area contributed by atoms with Crippen molar-refractivity contribution in [3.05, 3.63) is 77.0 Å². The van der Waals surface area contributed by atoms with E-state index < -0.39 is 5.23 Å². The normalized spacial score (nSPS) is 12.5. The van der Waals surface area contributed by atoms with Crippen LogP contribution in [-0.2, 0) is 0 Å². The van der Waals surface area contributed by atoms with Crippen LogP contribution in [0.2, 0.25) is 0 Å². The van der Waals surface area contributed by atoms with Gasteiger partial charge in [0, 0.05) is 17.7 Å². The summed E-state index contributed by atoms with van der Waals surface area (Å²) in [5.74, 6) is -0.0806. The largest absolute Gasteiger partial charge is 0.595 e. The number of hydrogen-bond donors (Lipinski definition) is 2. The van der Waals surface area contributed by atoms with E-state index in [0.717, 1.165) is 5.56 Å². The van der Waals surface area contributed by atoms with Gasteiger partial charge in [0.1, 0.15) is 0 Å². The Balaban J connectivity index is 2.08. The lowest BCUT2D eigenvalue weighted by Gasteiger charge is -2.10. The van der Waals surface area contributed by atoms with Gasteiger partial charge in [0.2, 0.25) is 0 Å². The Morgan fingerprint density at radius 1 is 1.05 bits per heavy atom. The first-order chi connectivity index (χ1) is 9.16. The third-order valence-corrected chi connectivity index (χ3v) is 2.64. The fraction of sp³-hybridized carbons (Fsp3) is 0. The summed E-state index contributed by atoms with van der Waals surface area (Å²) >= 11 is 0. The van der Waals surface area contributed by atoms with Gasteiger partial charge >= 0.3 is 0 Å². The van der Waals surface area contributed by atoms with E-state index >= 15 is 0 Å². The van der Waals surface area contributed by atoms with E-state index in [2.05, 4.69) is 0 Å². The quantitative estimate of drug-likeness (QED) is 0.499. The Hall–Kier alpha value is -2.27. The van der Waals surface area contributed by atoms with Crippen LogP contribution < -0.4 is 5.23 Å². The van der Waals surface area contributed by atoms with Crippen molar-refractivity contribution in [1.82, 2.24) is 0 Å². The van der Waals surface area contributed by atoms with Gasteiger partial charge in [-0.25, -0.2) is 5.21 Å². The summed E-state index contributed by atoms with van der Waals surface area (Å²) in [5, 5.41) is 18.5. The SMILES string of the molecule is O=C(C=Cc1ccc([NH+]([O-])O)cc1)c1ccccc1. The van der Waals surface area contributed by atoms with Crippen LogP contribution in [0.5, 0.6) is 0 Å². The molecule has 2 rings (SSSR count). The van der Waals surface area contributed by atoms with Crippen molar-refractivity contribution in [2.75, 3.05) is 0 Å². The first-order valence-electron chi connectivity index (χ1n) is 5.77. The second kappa shape index (κ2) is 6.06. The smallest absolute Gasteiger partial charge is 0.185 e. The van der Waals surface area contributed by atoms with Crippen molar-refractivity contribution in [3.8, 4) is 0 Å². The lowest BCUT2D eigenvalue weighted by atomic mass is 10.1. The van der Waals surface area contributed by atoms with Gasteiger partial charge in [-0.15, -0.1) is 0 Å². The zero-order valence-electron chi connectivity index (χ0n) is 10.1. The molecular formula is C15H13NO3. The van der Waals surface area contributed by atoms with Gasteiger partial charge in [-0.05, 0) is 23.8 Å². The van der Waals surface area contributed by atoms with Crippen molar-refractivity contribution < 1.29 is 15.2 Å². The van der Waals surface area contributed by atoms with Gasteiger partial charge in [-0.1, -0.05) is 36.4 Å². The fourth-order valence-corrected chi connectivity index (χ4v) is 1.61. The van der Waals surface area contributed by atoms with Crippen molar-refractivity contribution in [1.29, 1.82) is 0 Å². The summed E-state index contributed by atoms with van der Waals surface area (Å²) in [6, 6.07) is 15.3. The van der Waals surface area contributed by atoms with E-state index in [-0.39, 0.29) is 11.5 Å². The van der Waals surface area contributed by atoms with Gasteiger partial charge in [-0.2, -0.15) is 5.23 Å². The number of carbonyl (C=O) groups excluding carboxylic acids is 1. The number of ketones is 1. The number of benzene rings is 2. The second-order valence-corrected chi connectivity index (χ2v) is 3.99. The third-order valence-electron chi connectivity index (χ3n) is 2.64. The first kappa shape index (κ1) is 13.2. The van der Waals surface area contributed by atoms with Crippen molar-refractivity contribution in [2.45, 2.75) is 0 Å². The van der Waals surface area contributed by atoms with Crippen LogP contribution in [0.4, 0.5) is 5.69 Å². The molecule has 0 radical (unpaired) electrons. The molecule has 19 heavy (non-hydrogen) atoms. The van der Waals surface area contributed by atoms with E-state index in [1.807, 2.05) is 18.2 Å². The minimum Gasteiger partial charge on any atom is -0.595 e. The van der Waals surface area contributed by atoms with Crippen molar-refractivity contribution in [2.24, 2.45) is 0 Å². The molecule has 0 aliphatic heterocycles. The number of quaternary nitrogens is 1. The van der Waals surface area contributed by atoms with Gasteiger partial charge in [0.05, 0.1) is 0 Å². The summed E-state index contributed by atoms with van der Waals surface area (Å²) < 4.78 is 0. The maximum Gasteiger partial charge on any atom is 0.185 e. The molecule has 0 spiro atoms. The Labute approximate surface area is 110 Å². The van der Waals surface area contributed by atoms with Gasteiger partial charge < -0.3 is 5.21 Å². The predicted molar refractivity (Wildman–Crippen MR) is 72.0 cm³/mol. The molecule has 2 aromatic carbocycles. The van der Waals surface area contributed by atoms with Crippen LogP contribution in [0.1, 0.15) is 15.9 Å². The highest BCUT2D eigenvalue weighted by Gasteiger charge is 2.00. The summed E-state index contributed by atoms with van der Waals surface area (Å²) in [6.07, 6.45) is 3.14. The lowest BCUT2D eigenvalue weighted by Crippen LogP contribution is -2.99. The van der Waals surface area contributed by atoms with Crippen LogP contribution >= 0.6 is 0 Å². The molecule has 0 amide bonds. The molecule has 4 heteroatoms. The Bertz CT molecular complexity index is 574. The molecule has 96 valence electrons. The van der Waals surface area contributed by atoms with E-state index in [4.69, 9.17) is 5.21 Å². The molecule has 1 unspecified atom stereocenters. The summed E-state index contributed by atoms with van der Waals surface area (Å²) in [5.41, 5.74) is 1.64. The molecule has 1 atom stereocenters. The zero-order chi connectivity index (χ0) is 13.7. The highest BCUT2D eigenvalue weighted by Crippen LogP contribution is 2.08. The van der Waals surface area contributed by atoms with E-state index in [1.165, 1.54) is 18.2 Å². The average molecular weight is 255 g/mol. The second-order valence-electron chi connectivity index (χ2n) is 3.99. The van der Waals surface area contributed by atoms with E-state index in [9.17, 15) is 10.0 Å². The average Bonchev–Trinajstić information content (AvgIpc) is 2.46. The van der Waals surface area contributed by atoms with E-state index in [1.54, 1.807) is 30.3 Å². The summed E-state index contributed by atoms with van der Waals surface area (Å²) in [7, 11) is 0. The topological polar surface area (TPSA) is 64.8 Å². The maximum atomic E-state index is 11.8. The van der Waals surface area contributed by atoms with Crippen LogP contribution in [0.15, 0.2) is 60.7 Å². The van der Waals surface area contributed by atoms with Gasteiger partial charge in [-0.3, -0.25) is 4.79 Å². The van der Waals surface area contributed by atoms with Crippen LogP contribution in [0.25, 0.3) is 6.08 Å². The molecule has 0 fully saturated rings. The Morgan fingerprint density at radius 3 is 2.26 bits per heavy atom. The van der Waals surface area contributed by atoms with Crippen molar-refractivity contribution >= 4 is 17.5 Å². The number of carbonyl (C=O) groups is 1. The number of rotatable bonds is 4. The Kier molecular flexibility index (Phi) is 4.20. The highest BCUT2D eigenvalue weighted by atomic mass is 16.8. The molecule has 0 aliphatic rings. The summed E-state index contributed by atoms with van der Waals surface area (Å²) in [6.45, 7) is 0. The molecule has 0 saturated heterocycles. The monoisotopic (exact) mass is 255 g/mol. The molecule has 0 aliphatic carbocycles. The molecule has 4 nitrogen and oxygen atoms in total. The highest BCUT2D eigenvalue weighted by molar-refractivity contribution is 6.06. The third kappa shape index (κ3) is 3.59. The predicted octanol–water partition coefficient (Wildman–Crippen LogP) is 1.99. The molecule has 2 N–H and O–H groups in total. The van der Waals surface area contributed by atoms with Crippen molar-refractivity contribution in [3.63, 3.8) is 0 Å². The minimum atomic E-state index is -0.962. The van der Waals surface area contributed by atoms with E-state index in [0.29, 0.717) is 5.56 Å².